The average molecular weight is 400 g/mol. The van der Waals surface area contributed by atoms with Gasteiger partial charge in [-0.25, -0.2) is 4.79 Å². The summed E-state index contributed by atoms with van der Waals surface area (Å²) in [7, 11) is 0. The normalized spacial score (nSPS) is 11.0. The van der Waals surface area contributed by atoms with Crippen LogP contribution < -0.4 is 4.74 Å². The number of aliphatic hydroxyl groups is 1. The molecule has 0 bridgehead atoms. The van der Waals surface area contributed by atoms with Crippen molar-refractivity contribution in [2.45, 2.75) is 33.1 Å². The molecule has 0 aliphatic rings. The van der Waals surface area contributed by atoms with Crippen LogP contribution in [-0.2, 0) is 22.4 Å². The van der Waals surface area contributed by atoms with E-state index in [-0.39, 0.29) is 13.4 Å². The fourth-order valence-corrected chi connectivity index (χ4v) is 4.07. The second-order valence-corrected chi connectivity index (χ2v) is 7.67. The Morgan fingerprint density at radius 2 is 2.11 bits per heavy atom. The van der Waals surface area contributed by atoms with Gasteiger partial charge >= 0.3 is 5.97 Å². The average Bonchev–Trinajstić information content (AvgIpc) is 3.29. The van der Waals surface area contributed by atoms with Crippen molar-refractivity contribution in [1.82, 2.24) is 0 Å². The van der Waals surface area contributed by atoms with Crippen molar-refractivity contribution >= 4 is 28.3 Å². The molecule has 6 heteroatoms. The maximum atomic E-state index is 11.4. The molecule has 2 aromatic heterocycles. The highest BCUT2D eigenvalue weighted by molar-refractivity contribution is 7.15. The van der Waals surface area contributed by atoms with Gasteiger partial charge in [-0.15, -0.1) is 11.3 Å². The molecule has 3 rings (SSSR count). The monoisotopic (exact) mass is 400 g/mol. The van der Waals surface area contributed by atoms with Gasteiger partial charge in [0.15, 0.2) is 0 Å². The Balaban J connectivity index is 1.78. The number of carbonyl (C=O) groups is 1. The van der Waals surface area contributed by atoms with Gasteiger partial charge in [0, 0.05) is 28.5 Å². The largest absolute Gasteiger partial charge is 0.457 e. The Morgan fingerprint density at radius 3 is 2.82 bits per heavy atom. The molecule has 28 heavy (non-hydrogen) atoms. The van der Waals surface area contributed by atoms with Gasteiger partial charge in [0.25, 0.3) is 0 Å². The van der Waals surface area contributed by atoms with E-state index in [2.05, 4.69) is 19.6 Å². The number of thiophene rings is 1. The summed E-state index contributed by atoms with van der Waals surface area (Å²) in [6, 6.07) is 9.76. The molecule has 0 atom stereocenters. The van der Waals surface area contributed by atoms with Crippen LogP contribution in [0.3, 0.4) is 0 Å². The van der Waals surface area contributed by atoms with Crippen LogP contribution >= 0.6 is 11.3 Å². The molecular formula is C22H24O5S. The fourth-order valence-electron chi connectivity index (χ4n) is 2.82. The van der Waals surface area contributed by atoms with Gasteiger partial charge in [-0.05, 0) is 56.0 Å². The first-order valence-electron chi connectivity index (χ1n) is 9.23. The summed E-state index contributed by atoms with van der Waals surface area (Å²) in [5, 5.41) is 10.0. The zero-order valence-corrected chi connectivity index (χ0v) is 16.9. The third kappa shape index (κ3) is 4.64. The molecule has 0 saturated heterocycles. The van der Waals surface area contributed by atoms with E-state index in [9.17, 15) is 4.79 Å². The number of aliphatic hydroxyl groups excluding tert-OH is 1. The lowest BCUT2D eigenvalue weighted by Gasteiger charge is -2.06. The van der Waals surface area contributed by atoms with Crippen LogP contribution in [0, 0.1) is 0 Å². The Hall–Kier alpha value is -2.57. The first-order chi connectivity index (χ1) is 13.5. The van der Waals surface area contributed by atoms with E-state index in [1.54, 1.807) is 24.3 Å². The van der Waals surface area contributed by atoms with Gasteiger partial charge in [0.05, 0.1) is 4.88 Å². The summed E-state index contributed by atoms with van der Waals surface area (Å²) in [6.45, 7) is 7.26. The molecule has 0 fully saturated rings. The van der Waals surface area contributed by atoms with Gasteiger partial charge in [-0.1, -0.05) is 13.5 Å². The highest BCUT2D eigenvalue weighted by atomic mass is 32.1. The maximum Gasteiger partial charge on any atom is 0.335 e. The molecule has 0 unspecified atom stereocenters. The molecule has 148 valence electrons. The number of esters is 1. The van der Waals surface area contributed by atoms with Crippen molar-refractivity contribution in [3.05, 3.63) is 52.9 Å². The van der Waals surface area contributed by atoms with Crippen LogP contribution in [0.5, 0.6) is 5.75 Å². The number of aryl methyl sites for hydroxylation is 2. The second-order valence-electron chi connectivity index (χ2n) is 6.53. The summed E-state index contributed by atoms with van der Waals surface area (Å²) < 4.78 is 16.5. The molecule has 1 N–H and O–H groups in total. The number of carbonyl (C=O) groups excluding carboxylic acids is 1. The topological polar surface area (TPSA) is 68.9 Å². The fraction of sp³-hybridized carbons (Fsp3) is 0.318. The first-order valence-corrected chi connectivity index (χ1v) is 10.0. The molecule has 0 spiro atoms. The van der Waals surface area contributed by atoms with Crippen LogP contribution in [0.2, 0.25) is 0 Å². The quantitative estimate of drug-likeness (QED) is 0.307. The smallest absolute Gasteiger partial charge is 0.335 e. The lowest BCUT2D eigenvalue weighted by molar-refractivity contribution is -0.145. The zero-order chi connectivity index (χ0) is 20.1. The molecule has 0 aliphatic heterocycles. The molecule has 0 radical (unpaired) electrons. The van der Waals surface area contributed by atoms with E-state index in [0.717, 1.165) is 35.3 Å². The third-order valence-electron chi connectivity index (χ3n) is 4.30. The minimum absolute atomic E-state index is 0.177. The molecule has 3 aromatic rings. The number of benzene rings is 1. The SMILES string of the molecule is C=C(C)C(=O)OCOc1ccc2cc(-c3sc(CCCO)cc3CC)oc2c1. The van der Waals surface area contributed by atoms with E-state index >= 15 is 0 Å². The number of furan rings is 1. The Bertz CT molecular complexity index is 982. The molecule has 0 saturated carbocycles. The van der Waals surface area contributed by atoms with Crippen molar-refractivity contribution in [2.24, 2.45) is 0 Å². The number of rotatable bonds is 9. The summed E-state index contributed by atoms with van der Waals surface area (Å²) in [4.78, 5) is 13.8. The van der Waals surface area contributed by atoms with Crippen LogP contribution in [-0.4, -0.2) is 24.5 Å². The van der Waals surface area contributed by atoms with Crippen molar-refractivity contribution in [2.75, 3.05) is 13.4 Å². The van der Waals surface area contributed by atoms with Crippen LogP contribution in [0.4, 0.5) is 0 Å². The lowest BCUT2D eigenvalue weighted by Crippen LogP contribution is -2.10. The Labute approximate surface area is 168 Å². The standard InChI is InChI=1S/C22H24O5S/c1-4-15-10-18(6-5-9-23)28-21(15)20-11-16-7-8-17(12-19(16)27-20)25-13-26-22(24)14(2)3/h7-8,10-12,23H,2,4-6,9,13H2,1,3H3. The predicted octanol–water partition coefficient (Wildman–Crippen LogP) is 5.10. The Morgan fingerprint density at radius 1 is 1.29 bits per heavy atom. The predicted molar refractivity (Wildman–Crippen MR) is 111 cm³/mol. The molecule has 0 amide bonds. The number of hydrogen-bond donors (Lipinski definition) is 1. The van der Waals surface area contributed by atoms with Crippen LogP contribution in [0.15, 0.2) is 46.9 Å². The second kappa shape index (κ2) is 9.08. The van der Waals surface area contributed by atoms with E-state index in [4.69, 9.17) is 19.0 Å². The maximum absolute atomic E-state index is 11.4. The Kier molecular flexibility index (Phi) is 6.54. The summed E-state index contributed by atoms with van der Waals surface area (Å²) >= 11 is 1.71. The van der Waals surface area contributed by atoms with Gasteiger partial charge in [0.2, 0.25) is 6.79 Å². The van der Waals surface area contributed by atoms with Crippen molar-refractivity contribution in [3.63, 3.8) is 0 Å². The van der Waals surface area contributed by atoms with Crippen molar-refractivity contribution in [1.29, 1.82) is 0 Å². The highest BCUT2D eigenvalue weighted by Gasteiger charge is 2.15. The highest BCUT2D eigenvalue weighted by Crippen LogP contribution is 2.37. The first kappa shape index (κ1) is 20.2. The van der Waals surface area contributed by atoms with Crippen LogP contribution in [0.25, 0.3) is 21.6 Å². The van der Waals surface area contributed by atoms with E-state index in [0.29, 0.717) is 16.9 Å². The number of hydrogen-bond acceptors (Lipinski definition) is 6. The van der Waals surface area contributed by atoms with Crippen LogP contribution in [0.1, 0.15) is 30.7 Å². The zero-order valence-electron chi connectivity index (χ0n) is 16.1. The molecule has 5 nitrogen and oxygen atoms in total. The van der Waals surface area contributed by atoms with Crippen molar-refractivity contribution < 1.29 is 23.8 Å². The van der Waals surface area contributed by atoms with Gasteiger partial charge in [-0.2, -0.15) is 0 Å². The van der Waals surface area contributed by atoms with E-state index < -0.39 is 5.97 Å². The summed E-state index contributed by atoms with van der Waals surface area (Å²) in [6.07, 6.45) is 2.56. The summed E-state index contributed by atoms with van der Waals surface area (Å²) in [5.41, 5.74) is 2.29. The molecule has 1 aromatic carbocycles. The van der Waals surface area contributed by atoms with E-state index in [1.807, 2.05) is 18.2 Å². The minimum atomic E-state index is -0.483. The van der Waals surface area contributed by atoms with Gasteiger partial charge < -0.3 is 19.0 Å². The van der Waals surface area contributed by atoms with E-state index in [1.165, 1.54) is 10.4 Å². The number of ether oxygens (including phenoxy) is 2. The third-order valence-corrected chi connectivity index (χ3v) is 5.55. The minimum Gasteiger partial charge on any atom is -0.457 e. The number of fused-ring (bicyclic) bond motifs is 1. The van der Waals surface area contributed by atoms with Gasteiger partial charge in [0.1, 0.15) is 17.1 Å². The lowest BCUT2D eigenvalue weighted by atomic mass is 10.1. The summed E-state index contributed by atoms with van der Waals surface area (Å²) in [5.74, 6) is 0.912. The molecule has 2 heterocycles. The van der Waals surface area contributed by atoms with Crippen molar-refractivity contribution in [3.8, 4) is 16.4 Å². The van der Waals surface area contributed by atoms with Gasteiger partial charge in [-0.3, -0.25) is 0 Å². The molecular weight excluding hydrogens is 376 g/mol. The molecule has 0 aliphatic carbocycles.